The van der Waals surface area contributed by atoms with Gasteiger partial charge in [0.25, 0.3) is 0 Å². The fourth-order valence-corrected chi connectivity index (χ4v) is 2.82. The molecule has 0 fully saturated rings. The van der Waals surface area contributed by atoms with Crippen LogP contribution < -0.4 is 11.1 Å². The van der Waals surface area contributed by atoms with E-state index < -0.39 is 0 Å². The van der Waals surface area contributed by atoms with Crippen LogP contribution in [0.25, 0.3) is 0 Å². The van der Waals surface area contributed by atoms with Crippen LogP contribution >= 0.6 is 35.0 Å². The molecule has 0 aromatic heterocycles. The van der Waals surface area contributed by atoms with Gasteiger partial charge in [-0.1, -0.05) is 29.3 Å². The van der Waals surface area contributed by atoms with Crippen molar-refractivity contribution in [3.05, 3.63) is 33.8 Å². The number of guanidine groups is 1. The number of halogens is 2. The van der Waals surface area contributed by atoms with Crippen LogP contribution in [0.5, 0.6) is 0 Å². The summed E-state index contributed by atoms with van der Waals surface area (Å²) in [5.41, 5.74) is 6.83. The summed E-state index contributed by atoms with van der Waals surface area (Å²) in [6.07, 6.45) is 4.33. The Morgan fingerprint density at radius 3 is 2.80 bits per heavy atom. The number of hydrogen-bond acceptors (Lipinski definition) is 2. The van der Waals surface area contributed by atoms with E-state index in [4.69, 9.17) is 28.9 Å². The molecule has 1 aromatic carbocycles. The number of nitrogens with zero attached hydrogens (tertiary/aromatic N) is 1. The Morgan fingerprint density at radius 1 is 1.40 bits per heavy atom. The van der Waals surface area contributed by atoms with Gasteiger partial charge in [0.05, 0.1) is 6.04 Å². The van der Waals surface area contributed by atoms with Crippen LogP contribution in [-0.2, 0) is 0 Å². The summed E-state index contributed by atoms with van der Waals surface area (Å²) in [6.45, 7) is 2.74. The second-order valence-electron chi connectivity index (χ2n) is 4.50. The van der Waals surface area contributed by atoms with Gasteiger partial charge in [-0.05, 0) is 49.5 Å². The molecule has 6 heteroatoms. The lowest BCUT2D eigenvalue weighted by atomic mass is 10.1. The zero-order valence-electron chi connectivity index (χ0n) is 11.8. The summed E-state index contributed by atoms with van der Waals surface area (Å²) < 4.78 is 0. The highest BCUT2D eigenvalue weighted by Crippen LogP contribution is 2.25. The Balaban J connectivity index is 2.48. The zero-order valence-corrected chi connectivity index (χ0v) is 14.2. The Bertz CT molecular complexity index is 452. The maximum atomic E-state index is 6.16. The number of rotatable bonds is 7. The van der Waals surface area contributed by atoms with Crippen molar-refractivity contribution in [2.75, 3.05) is 18.6 Å². The predicted octanol–water partition coefficient (Wildman–Crippen LogP) is 4.10. The highest BCUT2D eigenvalue weighted by Gasteiger charge is 2.10. The molecule has 0 bridgehead atoms. The van der Waals surface area contributed by atoms with Crippen LogP contribution in [0.15, 0.2) is 23.2 Å². The Morgan fingerprint density at radius 2 is 2.15 bits per heavy atom. The minimum Gasteiger partial charge on any atom is -0.370 e. The molecule has 0 radical (unpaired) electrons. The first kappa shape index (κ1) is 17.5. The van der Waals surface area contributed by atoms with Gasteiger partial charge in [0.15, 0.2) is 5.96 Å². The third-order valence-corrected chi connectivity index (χ3v) is 4.09. The van der Waals surface area contributed by atoms with Crippen molar-refractivity contribution < 1.29 is 0 Å². The van der Waals surface area contributed by atoms with Crippen molar-refractivity contribution >= 4 is 40.9 Å². The van der Waals surface area contributed by atoms with E-state index in [-0.39, 0.29) is 6.04 Å². The first-order chi connectivity index (χ1) is 9.54. The van der Waals surface area contributed by atoms with E-state index in [1.54, 1.807) is 6.07 Å². The molecule has 3 N–H and O–H groups in total. The van der Waals surface area contributed by atoms with Gasteiger partial charge in [-0.15, -0.1) is 0 Å². The van der Waals surface area contributed by atoms with Gasteiger partial charge in [-0.25, -0.2) is 0 Å². The smallest absolute Gasteiger partial charge is 0.189 e. The number of benzene rings is 1. The van der Waals surface area contributed by atoms with Crippen molar-refractivity contribution in [1.82, 2.24) is 5.32 Å². The lowest BCUT2D eigenvalue weighted by Crippen LogP contribution is -2.34. The summed E-state index contributed by atoms with van der Waals surface area (Å²) in [4.78, 5) is 4.31. The van der Waals surface area contributed by atoms with E-state index in [1.807, 2.05) is 30.8 Å². The van der Waals surface area contributed by atoms with Crippen LogP contribution in [-0.4, -0.2) is 24.5 Å². The van der Waals surface area contributed by atoms with Gasteiger partial charge >= 0.3 is 0 Å². The molecule has 1 rings (SSSR count). The molecule has 0 aliphatic rings. The molecule has 0 amide bonds. The number of thioether (sulfide) groups is 1. The molecule has 1 unspecified atom stereocenters. The highest BCUT2D eigenvalue weighted by molar-refractivity contribution is 7.98. The summed E-state index contributed by atoms with van der Waals surface area (Å²) >= 11 is 13.9. The number of hydrogen-bond donors (Lipinski definition) is 2. The van der Waals surface area contributed by atoms with Gasteiger partial charge in [0, 0.05) is 16.6 Å². The first-order valence-corrected chi connectivity index (χ1v) is 8.70. The van der Waals surface area contributed by atoms with Crippen LogP contribution in [0.1, 0.15) is 31.4 Å². The maximum absolute atomic E-state index is 6.16. The van der Waals surface area contributed by atoms with Gasteiger partial charge in [0.2, 0.25) is 0 Å². The monoisotopic (exact) mass is 333 g/mol. The van der Waals surface area contributed by atoms with Crippen molar-refractivity contribution in [2.45, 2.75) is 25.8 Å². The minimum absolute atomic E-state index is 0.00489. The van der Waals surface area contributed by atoms with Crippen LogP contribution in [0, 0.1) is 0 Å². The third kappa shape index (κ3) is 6.25. The molecule has 1 atom stereocenters. The van der Waals surface area contributed by atoms with Crippen molar-refractivity contribution in [2.24, 2.45) is 10.7 Å². The Labute approximate surface area is 135 Å². The molecule has 0 aliphatic heterocycles. The average molecular weight is 334 g/mol. The lowest BCUT2D eigenvalue weighted by molar-refractivity contribution is 0.704. The topological polar surface area (TPSA) is 50.4 Å². The normalized spacial score (nSPS) is 13.3. The molecule has 0 heterocycles. The number of aliphatic imine (C=N–C) groups is 1. The first-order valence-electron chi connectivity index (χ1n) is 6.55. The molecule has 1 aromatic rings. The summed E-state index contributed by atoms with van der Waals surface area (Å²) in [6, 6.07) is 5.44. The van der Waals surface area contributed by atoms with Crippen molar-refractivity contribution in [3.8, 4) is 0 Å². The van der Waals surface area contributed by atoms with E-state index >= 15 is 0 Å². The van der Waals surface area contributed by atoms with E-state index in [2.05, 4.69) is 16.6 Å². The molecule has 3 nitrogen and oxygen atoms in total. The summed E-state index contributed by atoms with van der Waals surface area (Å²) in [5, 5.41) is 4.40. The molecule has 112 valence electrons. The molecular weight excluding hydrogens is 313 g/mol. The number of nitrogens with one attached hydrogen (secondary N) is 1. The summed E-state index contributed by atoms with van der Waals surface area (Å²) in [7, 11) is 0. The average Bonchev–Trinajstić information content (AvgIpc) is 2.38. The quantitative estimate of drug-likeness (QED) is 0.448. The lowest BCUT2D eigenvalue weighted by Gasteiger charge is -2.16. The number of nitrogens with two attached hydrogens (primary N) is 1. The zero-order chi connectivity index (χ0) is 15.0. The van der Waals surface area contributed by atoms with Crippen LogP contribution in [0.2, 0.25) is 10.0 Å². The van der Waals surface area contributed by atoms with Gasteiger partial charge < -0.3 is 11.1 Å². The van der Waals surface area contributed by atoms with Gasteiger partial charge in [-0.2, -0.15) is 11.8 Å². The molecule has 0 spiro atoms. The summed E-state index contributed by atoms with van der Waals surface area (Å²) in [5.74, 6) is 1.62. The standard InChI is InChI=1S/C14H21Cl2N3S/c1-10(12-6-5-11(15)9-13(12)16)19-14(17)18-7-3-4-8-20-2/h5-6,9-10H,3-4,7-8H2,1-2H3,(H3,17,18,19). The molecule has 0 saturated carbocycles. The van der Waals surface area contributed by atoms with Crippen LogP contribution in [0.3, 0.4) is 0 Å². The predicted molar refractivity (Wildman–Crippen MR) is 92.1 cm³/mol. The van der Waals surface area contributed by atoms with Gasteiger partial charge in [-0.3, -0.25) is 4.99 Å². The Hall–Kier alpha value is -0.580. The maximum Gasteiger partial charge on any atom is 0.189 e. The molecule has 0 aliphatic carbocycles. The molecule has 0 saturated heterocycles. The van der Waals surface area contributed by atoms with E-state index in [0.717, 1.165) is 24.9 Å². The van der Waals surface area contributed by atoms with Crippen LogP contribution in [0.4, 0.5) is 0 Å². The van der Waals surface area contributed by atoms with E-state index in [9.17, 15) is 0 Å². The second kappa shape index (κ2) is 9.37. The minimum atomic E-state index is -0.00489. The van der Waals surface area contributed by atoms with Crippen molar-refractivity contribution in [1.29, 1.82) is 0 Å². The fraction of sp³-hybridized carbons (Fsp3) is 0.500. The largest absolute Gasteiger partial charge is 0.370 e. The molecular formula is C14H21Cl2N3S. The second-order valence-corrected chi connectivity index (χ2v) is 6.33. The fourth-order valence-electron chi connectivity index (χ4n) is 1.76. The van der Waals surface area contributed by atoms with Crippen molar-refractivity contribution in [3.63, 3.8) is 0 Å². The Kier molecular flexibility index (Phi) is 8.19. The highest BCUT2D eigenvalue weighted by atomic mass is 35.5. The van der Waals surface area contributed by atoms with Gasteiger partial charge in [0.1, 0.15) is 0 Å². The SMILES string of the molecule is CSCCCCN=C(N)NC(C)c1ccc(Cl)cc1Cl. The third-order valence-electron chi connectivity index (χ3n) is 2.83. The van der Waals surface area contributed by atoms with E-state index in [0.29, 0.717) is 16.0 Å². The molecule has 20 heavy (non-hydrogen) atoms. The van der Waals surface area contributed by atoms with E-state index in [1.165, 1.54) is 5.75 Å². The number of unbranched alkanes of at least 4 members (excludes halogenated alkanes) is 1.